The SMILES string of the molecule is Cc1c(OCc2ccccc2)c(=O)ccn1CCC[C@H](NC(=O)OC(C)(C)C)C(=O)O. The number of rotatable bonds is 9. The molecule has 0 bridgehead atoms. The molecule has 0 aliphatic rings. The Kier molecular flexibility index (Phi) is 8.24. The van der Waals surface area contributed by atoms with Crippen LogP contribution < -0.4 is 15.5 Å². The van der Waals surface area contributed by atoms with Crippen LogP contribution in [0.4, 0.5) is 4.79 Å². The van der Waals surface area contributed by atoms with Crippen LogP contribution in [0, 0.1) is 6.92 Å². The summed E-state index contributed by atoms with van der Waals surface area (Å²) < 4.78 is 12.7. The number of ether oxygens (including phenoxy) is 2. The third-order valence-corrected chi connectivity index (χ3v) is 4.50. The fraction of sp³-hybridized carbons (Fsp3) is 0.435. The second-order valence-electron chi connectivity index (χ2n) is 8.24. The molecule has 0 aliphatic carbocycles. The Balaban J connectivity index is 1.98. The second kappa shape index (κ2) is 10.7. The second-order valence-corrected chi connectivity index (χ2v) is 8.24. The number of alkyl carbamates (subject to hydrolysis) is 1. The Morgan fingerprint density at radius 3 is 2.45 bits per heavy atom. The molecule has 1 aromatic carbocycles. The fourth-order valence-corrected chi connectivity index (χ4v) is 2.97. The molecule has 1 heterocycles. The zero-order valence-electron chi connectivity index (χ0n) is 18.4. The lowest BCUT2D eigenvalue weighted by Gasteiger charge is -2.22. The number of nitrogens with one attached hydrogen (secondary N) is 1. The summed E-state index contributed by atoms with van der Waals surface area (Å²) in [5.41, 5.74) is 0.695. The quantitative estimate of drug-likeness (QED) is 0.631. The number of carboxylic acid groups (broad SMARTS) is 1. The van der Waals surface area contributed by atoms with Gasteiger partial charge >= 0.3 is 12.1 Å². The Morgan fingerprint density at radius 2 is 1.84 bits per heavy atom. The Morgan fingerprint density at radius 1 is 1.16 bits per heavy atom. The summed E-state index contributed by atoms with van der Waals surface area (Å²) in [6.45, 7) is 7.65. The van der Waals surface area contributed by atoms with E-state index < -0.39 is 23.7 Å². The van der Waals surface area contributed by atoms with Crippen molar-refractivity contribution in [3.05, 3.63) is 64.1 Å². The van der Waals surface area contributed by atoms with Gasteiger partial charge in [-0.15, -0.1) is 0 Å². The van der Waals surface area contributed by atoms with Crippen molar-refractivity contribution in [1.82, 2.24) is 9.88 Å². The number of benzene rings is 1. The molecule has 2 aromatic rings. The number of carbonyl (C=O) groups is 2. The number of carboxylic acids is 1. The predicted octanol–water partition coefficient (Wildman–Crippen LogP) is 3.49. The molecule has 1 amide bonds. The summed E-state index contributed by atoms with van der Waals surface area (Å²) in [4.78, 5) is 35.6. The number of aromatic nitrogens is 1. The molecule has 0 fully saturated rings. The van der Waals surface area contributed by atoms with Gasteiger partial charge in [0.1, 0.15) is 18.2 Å². The van der Waals surface area contributed by atoms with Crippen LogP contribution in [-0.4, -0.2) is 33.4 Å². The van der Waals surface area contributed by atoms with Crippen LogP contribution >= 0.6 is 0 Å². The number of aryl methyl sites for hydroxylation is 1. The molecule has 2 N–H and O–H groups in total. The number of amides is 1. The van der Waals surface area contributed by atoms with Crippen molar-refractivity contribution in [3.8, 4) is 5.75 Å². The van der Waals surface area contributed by atoms with Crippen LogP contribution in [0.3, 0.4) is 0 Å². The maximum atomic E-state index is 12.2. The molecule has 0 spiro atoms. The molecule has 0 unspecified atom stereocenters. The average molecular weight is 431 g/mol. The maximum Gasteiger partial charge on any atom is 0.408 e. The van der Waals surface area contributed by atoms with Gasteiger partial charge in [-0.25, -0.2) is 9.59 Å². The monoisotopic (exact) mass is 430 g/mol. The van der Waals surface area contributed by atoms with Crippen LogP contribution in [0.25, 0.3) is 0 Å². The molecule has 168 valence electrons. The number of hydrogen-bond acceptors (Lipinski definition) is 5. The van der Waals surface area contributed by atoms with E-state index in [2.05, 4.69) is 5.32 Å². The van der Waals surface area contributed by atoms with E-state index in [9.17, 15) is 19.5 Å². The molecular weight excluding hydrogens is 400 g/mol. The van der Waals surface area contributed by atoms with Gasteiger partial charge in [0.2, 0.25) is 5.43 Å². The van der Waals surface area contributed by atoms with Gasteiger partial charge in [-0.1, -0.05) is 30.3 Å². The average Bonchev–Trinajstić information content (AvgIpc) is 2.68. The number of carbonyl (C=O) groups excluding carboxylic acids is 1. The summed E-state index contributed by atoms with van der Waals surface area (Å²) in [7, 11) is 0. The van der Waals surface area contributed by atoms with Crippen LogP contribution in [0.2, 0.25) is 0 Å². The van der Waals surface area contributed by atoms with Crippen LogP contribution in [0.5, 0.6) is 5.75 Å². The highest BCUT2D eigenvalue weighted by Crippen LogP contribution is 2.15. The van der Waals surface area contributed by atoms with Gasteiger partial charge in [0, 0.05) is 18.8 Å². The number of nitrogens with zero attached hydrogens (tertiary/aromatic N) is 1. The van der Waals surface area contributed by atoms with E-state index in [-0.39, 0.29) is 24.2 Å². The summed E-state index contributed by atoms with van der Waals surface area (Å²) in [5.74, 6) is -0.859. The molecule has 31 heavy (non-hydrogen) atoms. The van der Waals surface area contributed by atoms with Crippen molar-refractivity contribution in [2.24, 2.45) is 0 Å². The van der Waals surface area contributed by atoms with Gasteiger partial charge in [-0.05, 0) is 46.1 Å². The van der Waals surface area contributed by atoms with Gasteiger partial charge < -0.3 is 24.5 Å². The normalized spacial score (nSPS) is 12.1. The first-order valence-corrected chi connectivity index (χ1v) is 10.2. The molecule has 2 rings (SSSR count). The highest BCUT2D eigenvalue weighted by atomic mass is 16.6. The molecule has 0 saturated heterocycles. The van der Waals surface area contributed by atoms with E-state index in [1.807, 2.05) is 34.9 Å². The van der Waals surface area contributed by atoms with Gasteiger partial charge in [0.05, 0.1) is 5.69 Å². The minimum atomic E-state index is -1.13. The molecule has 0 radical (unpaired) electrons. The first-order chi connectivity index (χ1) is 14.6. The molecule has 1 aromatic heterocycles. The first kappa shape index (κ1) is 24.0. The lowest BCUT2D eigenvalue weighted by atomic mass is 10.1. The van der Waals surface area contributed by atoms with Crippen molar-refractivity contribution in [3.63, 3.8) is 0 Å². The third kappa shape index (κ3) is 7.81. The van der Waals surface area contributed by atoms with E-state index in [0.29, 0.717) is 18.7 Å². The maximum absolute atomic E-state index is 12.2. The van der Waals surface area contributed by atoms with Crippen molar-refractivity contribution in [2.75, 3.05) is 0 Å². The molecule has 8 nitrogen and oxygen atoms in total. The van der Waals surface area contributed by atoms with Crippen molar-refractivity contribution in [1.29, 1.82) is 0 Å². The van der Waals surface area contributed by atoms with Gasteiger partial charge in [0.25, 0.3) is 0 Å². The summed E-state index contributed by atoms with van der Waals surface area (Å²) >= 11 is 0. The van der Waals surface area contributed by atoms with E-state index in [0.717, 1.165) is 5.56 Å². The predicted molar refractivity (Wildman–Crippen MR) is 116 cm³/mol. The van der Waals surface area contributed by atoms with Crippen LogP contribution in [0.1, 0.15) is 44.9 Å². The fourth-order valence-electron chi connectivity index (χ4n) is 2.97. The van der Waals surface area contributed by atoms with Crippen LogP contribution in [0.15, 0.2) is 47.4 Å². The Hall–Kier alpha value is -3.29. The minimum Gasteiger partial charge on any atom is -0.483 e. The molecule has 0 aliphatic heterocycles. The summed E-state index contributed by atoms with van der Waals surface area (Å²) in [5, 5.41) is 11.8. The highest BCUT2D eigenvalue weighted by molar-refractivity contribution is 5.79. The molecular formula is C23H30N2O6. The molecule has 1 atom stereocenters. The number of aliphatic carboxylic acids is 1. The van der Waals surface area contributed by atoms with Crippen molar-refractivity contribution in [2.45, 2.75) is 65.3 Å². The Bertz CT molecular complexity index is 947. The molecule has 8 heteroatoms. The van der Waals surface area contributed by atoms with Crippen molar-refractivity contribution < 1.29 is 24.2 Å². The third-order valence-electron chi connectivity index (χ3n) is 4.50. The van der Waals surface area contributed by atoms with E-state index in [1.54, 1.807) is 33.9 Å². The van der Waals surface area contributed by atoms with E-state index >= 15 is 0 Å². The van der Waals surface area contributed by atoms with Crippen molar-refractivity contribution >= 4 is 12.1 Å². The van der Waals surface area contributed by atoms with Gasteiger partial charge in [-0.2, -0.15) is 0 Å². The van der Waals surface area contributed by atoms with Gasteiger partial charge in [-0.3, -0.25) is 4.79 Å². The van der Waals surface area contributed by atoms with Crippen LogP contribution in [-0.2, 0) is 22.7 Å². The van der Waals surface area contributed by atoms with E-state index in [1.165, 1.54) is 6.07 Å². The van der Waals surface area contributed by atoms with E-state index in [4.69, 9.17) is 9.47 Å². The largest absolute Gasteiger partial charge is 0.483 e. The first-order valence-electron chi connectivity index (χ1n) is 10.2. The zero-order chi connectivity index (χ0) is 23.0. The number of pyridine rings is 1. The number of hydrogen-bond donors (Lipinski definition) is 2. The summed E-state index contributed by atoms with van der Waals surface area (Å²) in [6, 6.07) is 9.91. The smallest absolute Gasteiger partial charge is 0.408 e. The standard InChI is InChI=1S/C23H30N2O6/c1-16-20(30-15-17-9-6-5-7-10-17)19(26)12-14-25(16)13-8-11-18(21(27)28)24-22(29)31-23(2,3)4/h5-7,9-10,12,14,18H,8,11,13,15H2,1-4H3,(H,24,29)(H,27,28)/t18-/m0/s1. The molecule has 0 saturated carbocycles. The topological polar surface area (TPSA) is 107 Å². The minimum absolute atomic E-state index is 0.209. The lowest BCUT2D eigenvalue weighted by molar-refractivity contribution is -0.139. The highest BCUT2D eigenvalue weighted by Gasteiger charge is 2.23. The van der Waals surface area contributed by atoms with Gasteiger partial charge in [0.15, 0.2) is 5.75 Å². The zero-order valence-corrected chi connectivity index (χ0v) is 18.4. The Labute approximate surface area is 181 Å². The lowest BCUT2D eigenvalue weighted by Crippen LogP contribution is -2.43. The summed E-state index contributed by atoms with van der Waals surface area (Å²) in [6.07, 6.45) is 1.56.